The lowest BCUT2D eigenvalue weighted by Gasteiger charge is -2.32. The highest BCUT2D eigenvalue weighted by atomic mass is 32.2. The maximum Gasteiger partial charge on any atom is 0.391 e. The molecule has 2 fully saturated rings. The molecule has 2 aliphatic carbocycles. The number of halogens is 3. The molecule has 0 bridgehead atoms. The SMILES string of the molecule is CSC1(CNC2CCCC(C(F)(F)F)C2)CC1. The van der Waals surface area contributed by atoms with E-state index in [-0.39, 0.29) is 12.5 Å². The van der Waals surface area contributed by atoms with Crippen LogP contribution in [-0.4, -0.2) is 29.8 Å². The van der Waals surface area contributed by atoms with Gasteiger partial charge >= 0.3 is 6.18 Å². The molecule has 2 atom stereocenters. The van der Waals surface area contributed by atoms with Crippen molar-refractivity contribution in [2.45, 2.75) is 55.5 Å². The fourth-order valence-electron chi connectivity index (χ4n) is 2.60. The van der Waals surface area contributed by atoms with Gasteiger partial charge in [0.15, 0.2) is 0 Å². The molecule has 0 radical (unpaired) electrons. The first kappa shape index (κ1) is 13.5. The Balaban J connectivity index is 1.78. The predicted octanol–water partition coefficient (Wildman–Crippen LogP) is 3.59. The molecule has 1 nitrogen and oxygen atoms in total. The summed E-state index contributed by atoms with van der Waals surface area (Å²) in [7, 11) is 0. The second kappa shape index (κ2) is 5.00. The van der Waals surface area contributed by atoms with E-state index >= 15 is 0 Å². The van der Waals surface area contributed by atoms with Crippen molar-refractivity contribution in [3.63, 3.8) is 0 Å². The van der Waals surface area contributed by atoms with Crippen LogP contribution in [0.5, 0.6) is 0 Å². The van der Waals surface area contributed by atoms with Crippen LogP contribution in [0.2, 0.25) is 0 Å². The van der Waals surface area contributed by atoms with Crippen LogP contribution in [0.3, 0.4) is 0 Å². The first-order chi connectivity index (χ1) is 7.95. The molecule has 0 saturated heterocycles. The maximum atomic E-state index is 12.6. The van der Waals surface area contributed by atoms with Crippen LogP contribution in [0.15, 0.2) is 0 Å². The molecule has 100 valence electrons. The average Bonchev–Trinajstić information content (AvgIpc) is 3.06. The Labute approximate surface area is 105 Å². The van der Waals surface area contributed by atoms with Crippen LogP contribution < -0.4 is 5.32 Å². The summed E-state index contributed by atoms with van der Waals surface area (Å²) < 4.78 is 38.2. The number of alkyl halides is 3. The zero-order chi connectivity index (χ0) is 12.5. The van der Waals surface area contributed by atoms with Gasteiger partial charge in [-0.15, -0.1) is 0 Å². The van der Waals surface area contributed by atoms with Crippen molar-refractivity contribution in [2.24, 2.45) is 5.92 Å². The molecule has 0 aromatic heterocycles. The minimum atomic E-state index is -4.00. The second-order valence-corrected chi connectivity index (χ2v) is 6.64. The molecule has 2 unspecified atom stereocenters. The van der Waals surface area contributed by atoms with Gasteiger partial charge in [-0.3, -0.25) is 0 Å². The van der Waals surface area contributed by atoms with Gasteiger partial charge in [-0.05, 0) is 38.4 Å². The van der Waals surface area contributed by atoms with E-state index in [2.05, 4.69) is 11.6 Å². The summed E-state index contributed by atoms with van der Waals surface area (Å²) in [5, 5.41) is 3.36. The van der Waals surface area contributed by atoms with E-state index in [1.807, 2.05) is 11.8 Å². The van der Waals surface area contributed by atoms with Crippen molar-refractivity contribution in [3.05, 3.63) is 0 Å². The molecule has 0 heterocycles. The zero-order valence-corrected chi connectivity index (χ0v) is 11.0. The van der Waals surface area contributed by atoms with Crippen molar-refractivity contribution < 1.29 is 13.2 Å². The summed E-state index contributed by atoms with van der Waals surface area (Å²) in [6.07, 6.45) is 2.69. The van der Waals surface area contributed by atoms with Gasteiger partial charge < -0.3 is 5.32 Å². The molecular weight excluding hydrogens is 247 g/mol. The minimum Gasteiger partial charge on any atom is -0.313 e. The van der Waals surface area contributed by atoms with Crippen molar-refractivity contribution in [1.82, 2.24) is 5.32 Å². The number of rotatable bonds is 4. The van der Waals surface area contributed by atoms with E-state index in [0.29, 0.717) is 17.6 Å². The van der Waals surface area contributed by atoms with Gasteiger partial charge in [-0.2, -0.15) is 24.9 Å². The summed E-state index contributed by atoms with van der Waals surface area (Å²) in [5.74, 6) is -1.09. The molecule has 17 heavy (non-hydrogen) atoms. The number of nitrogens with one attached hydrogen (secondary N) is 1. The lowest BCUT2D eigenvalue weighted by Crippen LogP contribution is -2.41. The fourth-order valence-corrected chi connectivity index (χ4v) is 3.33. The highest BCUT2D eigenvalue weighted by Gasteiger charge is 2.44. The molecule has 2 aliphatic rings. The zero-order valence-electron chi connectivity index (χ0n) is 10.1. The van der Waals surface area contributed by atoms with Crippen molar-refractivity contribution in [1.29, 1.82) is 0 Å². The van der Waals surface area contributed by atoms with Crippen LogP contribution in [0, 0.1) is 5.92 Å². The molecule has 1 N–H and O–H groups in total. The van der Waals surface area contributed by atoms with E-state index in [4.69, 9.17) is 0 Å². The van der Waals surface area contributed by atoms with Crippen LogP contribution in [0.25, 0.3) is 0 Å². The topological polar surface area (TPSA) is 12.0 Å². The third-order valence-corrected chi connectivity index (χ3v) is 5.51. The average molecular weight is 267 g/mol. The molecule has 5 heteroatoms. The van der Waals surface area contributed by atoms with E-state index in [1.165, 1.54) is 12.8 Å². The van der Waals surface area contributed by atoms with Crippen LogP contribution in [0.4, 0.5) is 13.2 Å². The normalized spacial score (nSPS) is 32.5. The Kier molecular flexibility index (Phi) is 3.98. The largest absolute Gasteiger partial charge is 0.391 e. The molecule has 0 aliphatic heterocycles. The third-order valence-electron chi connectivity index (χ3n) is 4.09. The second-order valence-electron chi connectivity index (χ2n) is 5.37. The summed E-state index contributed by atoms with van der Waals surface area (Å²) in [4.78, 5) is 0. The highest BCUT2D eigenvalue weighted by molar-refractivity contribution is 8.00. The summed E-state index contributed by atoms with van der Waals surface area (Å²) in [6, 6.07) is 0.0694. The molecule has 0 amide bonds. The standard InChI is InChI=1S/C12H20F3NS/c1-17-11(5-6-11)8-16-10-4-2-3-9(7-10)12(13,14)15/h9-10,16H,2-8H2,1H3. The maximum absolute atomic E-state index is 12.6. The minimum absolute atomic E-state index is 0.0694. The summed E-state index contributed by atoms with van der Waals surface area (Å²) >= 11 is 1.85. The van der Waals surface area contributed by atoms with Crippen LogP contribution in [0.1, 0.15) is 38.5 Å². The number of thioether (sulfide) groups is 1. The van der Waals surface area contributed by atoms with Crippen LogP contribution >= 0.6 is 11.8 Å². The first-order valence-corrected chi connectivity index (χ1v) is 7.53. The lowest BCUT2D eigenvalue weighted by atomic mass is 9.85. The molecule has 0 aromatic carbocycles. The Morgan fingerprint density at radius 3 is 2.53 bits per heavy atom. The van der Waals surface area contributed by atoms with E-state index in [9.17, 15) is 13.2 Å². The van der Waals surface area contributed by atoms with Gasteiger partial charge in [-0.25, -0.2) is 0 Å². The fraction of sp³-hybridized carbons (Fsp3) is 1.00. The quantitative estimate of drug-likeness (QED) is 0.835. The first-order valence-electron chi connectivity index (χ1n) is 6.30. The predicted molar refractivity (Wildman–Crippen MR) is 65.3 cm³/mol. The number of hydrogen-bond acceptors (Lipinski definition) is 2. The summed E-state index contributed by atoms with van der Waals surface area (Å²) in [6.45, 7) is 0.878. The van der Waals surface area contributed by atoms with Crippen LogP contribution in [-0.2, 0) is 0 Å². The van der Waals surface area contributed by atoms with E-state index in [0.717, 1.165) is 13.0 Å². The van der Waals surface area contributed by atoms with Gasteiger partial charge in [0.05, 0.1) is 5.92 Å². The van der Waals surface area contributed by atoms with Gasteiger partial charge in [-0.1, -0.05) is 6.42 Å². The smallest absolute Gasteiger partial charge is 0.313 e. The monoisotopic (exact) mass is 267 g/mol. The van der Waals surface area contributed by atoms with Gasteiger partial charge in [0.1, 0.15) is 0 Å². The molecule has 0 aromatic rings. The molecule has 0 spiro atoms. The Bertz CT molecular complexity index is 263. The lowest BCUT2D eigenvalue weighted by molar-refractivity contribution is -0.183. The Morgan fingerprint density at radius 2 is 2.00 bits per heavy atom. The molecule has 2 rings (SSSR count). The van der Waals surface area contributed by atoms with Gasteiger partial charge in [0.25, 0.3) is 0 Å². The van der Waals surface area contributed by atoms with Gasteiger partial charge in [0, 0.05) is 17.3 Å². The van der Waals surface area contributed by atoms with E-state index < -0.39 is 12.1 Å². The van der Waals surface area contributed by atoms with Crippen molar-refractivity contribution >= 4 is 11.8 Å². The van der Waals surface area contributed by atoms with Crippen molar-refractivity contribution in [3.8, 4) is 0 Å². The Hall–Kier alpha value is 0.100. The highest BCUT2D eigenvalue weighted by Crippen LogP contribution is 2.47. The third kappa shape index (κ3) is 3.53. The van der Waals surface area contributed by atoms with E-state index in [1.54, 1.807) is 0 Å². The molecule has 2 saturated carbocycles. The van der Waals surface area contributed by atoms with Crippen molar-refractivity contribution in [2.75, 3.05) is 12.8 Å². The number of hydrogen-bond donors (Lipinski definition) is 1. The summed E-state index contributed by atoms with van der Waals surface area (Å²) in [5.41, 5.74) is 0. The molecular formula is C12H20F3NS. The Morgan fingerprint density at radius 1 is 1.29 bits per heavy atom. The van der Waals surface area contributed by atoms with Gasteiger partial charge in [0.2, 0.25) is 0 Å².